The van der Waals surface area contributed by atoms with Gasteiger partial charge >= 0.3 is 5.97 Å². The lowest BCUT2D eigenvalue weighted by Crippen LogP contribution is -2.01. The van der Waals surface area contributed by atoms with Crippen molar-refractivity contribution in [3.8, 4) is 0 Å². The van der Waals surface area contributed by atoms with Gasteiger partial charge in [-0.2, -0.15) is 0 Å². The third-order valence-electron chi connectivity index (χ3n) is 2.73. The molecule has 2 rings (SSSR count). The zero-order chi connectivity index (χ0) is 12.4. The Kier molecular flexibility index (Phi) is 3.47. The Labute approximate surface area is 107 Å². The van der Waals surface area contributed by atoms with Gasteiger partial charge in [0.15, 0.2) is 0 Å². The predicted octanol–water partition coefficient (Wildman–Crippen LogP) is 2.74. The van der Waals surface area contributed by atoms with Crippen LogP contribution in [0, 0.1) is 0 Å². The van der Waals surface area contributed by atoms with Gasteiger partial charge in [-0.3, -0.25) is 4.79 Å². The lowest BCUT2D eigenvalue weighted by molar-refractivity contribution is -0.137. The van der Waals surface area contributed by atoms with E-state index in [4.69, 9.17) is 5.11 Å². The van der Waals surface area contributed by atoms with Crippen molar-refractivity contribution in [1.82, 2.24) is 9.55 Å². The normalized spacial score (nSPS) is 10.9. The highest BCUT2D eigenvalue weighted by atomic mass is 79.9. The number of carboxylic acids is 1. The molecule has 0 atom stereocenters. The van der Waals surface area contributed by atoms with Crippen LogP contribution < -0.4 is 0 Å². The van der Waals surface area contributed by atoms with Gasteiger partial charge in [-0.25, -0.2) is 4.98 Å². The van der Waals surface area contributed by atoms with Gasteiger partial charge in [0.2, 0.25) is 0 Å². The van der Waals surface area contributed by atoms with Crippen molar-refractivity contribution >= 4 is 32.9 Å². The van der Waals surface area contributed by atoms with Crippen molar-refractivity contribution in [3.05, 3.63) is 28.5 Å². The quantitative estimate of drug-likeness (QED) is 0.944. The van der Waals surface area contributed by atoms with Crippen molar-refractivity contribution in [2.45, 2.75) is 19.3 Å². The molecular weight excluding hydrogens is 284 g/mol. The third kappa shape index (κ3) is 2.66. The maximum Gasteiger partial charge on any atom is 0.303 e. The van der Waals surface area contributed by atoms with Gasteiger partial charge in [0, 0.05) is 24.4 Å². The third-order valence-corrected chi connectivity index (χ3v) is 3.22. The zero-order valence-electron chi connectivity index (χ0n) is 9.48. The molecule has 0 aliphatic heterocycles. The minimum Gasteiger partial charge on any atom is -0.481 e. The lowest BCUT2D eigenvalue weighted by Gasteiger charge is -2.00. The van der Waals surface area contributed by atoms with Crippen LogP contribution in [-0.4, -0.2) is 20.6 Å². The van der Waals surface area contributed by atoms with Crippen molar-refractivity contribution in [3.63, 3.8) is 0 Å². The number of aliphatic carboxylic acids is 1. The van der Waals surface area contributed by atoms with Crippen LogP contribution in [0.3, 0.4) is 0 Å². The Bertz CT molecular complexity index is 563. The highest BCUT2D eigenvalue weighted by Gasteiger charge is 2.08. The highest BCUT2D eigenvalue weighted by molar-refractivity contribution is 9.10. The van der Waals surface area contributed by atoms with Gasteiger partial charge in [-0.15, -0.1) is 0 Å². The van der Waals surface area contributed by atoms with Gasteiger partial charge < -0.3 is 9.67 Å². The fraction of sp³-hybridized carbons (Fsp3) is 0.333. The van der Waals surface area contributed by atoms with Crippen LogP contribution in [0.15, 0.2) is 22.7 Å². The van der Waals surface area contributed by atoms with Crippen LogP contribution in [0.25, 0.3) is 11.0 Å². The molecule has 1 aromatic carbocycles. The summed E-state index contributed by atoms with van der Waals surface area (Å²) in [5, 5.41) is 8.60. The molecule has 0 amide bonds. The first-order valence-corrected chi connectivity index (χ1v) is 6.20. The van der Waals surface area contributed by atoms with Crippen LogP contribution in [0.2, 0.25) is 0 Å². The molecule has 0 fully saturated rings. The summed E-state index contributed by atoms with van der Waals surface area (Å²) in [6.45, 7) is 0. The highest BCUT2D eigenvalue weighted by Crippen LogP contribution is 2.20. The number of hydrogen-bond acceptors (Lipinski definition) is 2. The molecule has 4 nitrogen and oxygen atoms in total. The van der Waals surface area contributed by atoms with E-state index in [1.54, 1.807) is 0 Å². The number of carbonyl (C=O) groups is 1. The van der Waals surface area contributed by atoms with Gasteiger partial charge in [0.25, 0.3) is 0 Å². The largest absolute Gasteiger partial charge is 0.481 e. The first kappa shape index (κ1) is 12.1. The molecule has 0 saturated carbocycles. The molecule has 0 radical (unpaired) electrons. The Morgan fingerprint density at radius 3 is 3.00 bits per heavy atom. The second kappa shape index (κ2) is 4.87. The van der Waals surface area contributed by atoms with Crippen molar-refractivity contribution in [2.75, 3.05) is 0 Å². The summed E-state index contributed by atoms with van der Waals surface area (Å²) in [7, 11) is 1.96. The van der Waals surface area contributed by atoms with E-state index in [9.17, 15) is 4.79 Å². The standard InChI is InChI=1S/C12H13BrN2O2/c1-15-10-6-5-8(13)7-9(10)14-11(15)3-2-4-12(16)17/h5-7H,2-4H2,1H3,(H,16,17). The monoisotopic (exact) mass is 296 g/mol. The molecule has 0 saturated heterocycles. The molecule has 90 valence electrons. The van der Waals surface area contributed by atoms with Crippen molar-refractivity contribution in [2.24, 2.45) is 7.05 Å². The number of nitrogens with zero attached hydrogens (tertiary/aromatic N) is 2. The first-order valence-electron chi connectivity index (χ1n) is 5.40. The molecule has 2 aromatic rings. The maximum absolute atomic E-state index is 10.5. The number of carboxylic acid groups (broad SMARTS) is 1. The fourth-order valence-corrected chi connectivity index (χ4v) is 2.19. The van der Waals surface area contributed by atoms with Crippen molar-refractivity contribution < 1.29 is 9.90 Å². The van der Waals surface area contributed by atoms with E-state index in [0.717, 1.165) is 21.3 Å². The van der Waals surface area contributed by atoms with E-state index in [1.807, 2.05) is 29.8 Å². The number of benzene rings is 1. The van der Waals surface area contributed by atoms with Gasteiger partial charge in [-0.1, -0.05) is 15.9 Å². The summed E-state index contributed by atoms with van der Waals surface area (Å²) in [5.74, 6) is 0.172. The van der Waals surface area contributed by atoms with E-state index in [2.05, 4.69) is 20.9 Å². The second-order valence-corrected chi connectivity index (χ2v) is 4.88. The average molecular weight is 297 g/mol. The molecular formula is C12H13BrN2O2. The topological polar surface area (TPSA) is 55.1 Å². The molecule has 1 heterocycles. The number of imidazole rings is 1. The summed E-state index contributed by atoms with van der Waals surface area (Å²) < 4.78 is 3.02. The molecule has 0 aliphatic carbocycles. The Morgan fingerprint density at radius 1 is 1.53 bits per heavy atom. The van der Waals surface area contributed by atoms with Crippen molar-refractivity contribution in [1.29, 1.82) is 0 Å². The Balaban J connectivity index is 2.23. The van der Waals surface area contributed by atoms with Crippen LogP contribution >= 0.6 is 15.9 Å². The molecule has 0 spiro atoms. The van der Waals surface area contributed by atoms with Crippen LogP contribution in [0.4, 0.5) is 0 Å². The summed E-state index contributed by atoms with van der Waals surface area (Å²) in [6.07, 6.45) is 1.50. The van der Waals surface area contributed by atoms with Gasteiger partial charge in [0.05, 0.1) is 11.0 Å². The molecule has 1 aromatic heterocycles. The summed E-state index contributed by atoms with van der Waals surface area (Å²) in [6, 6.07) is 5.95. The zero-order valence-corrected chi connectivity index (χ0v) is 11.1. The predicted molar refractivity (Wildman–Crippen MR) is 69.0 cm³/mol. The number of rotatable bonds is 4. The lowest BCUT2D eigenvalue weighted by atomic mass is 10.2. The average Bonchev–Trinajstić information content (AvgIpc) is 2.55. The number of aryl methyl sites for hydroxylation is 2. The van der Waals surface area contributed by atoms with E-state index >= 15 is 0 Å². The molecule has 0 bridgehead atoms. The SMILES string of the molecule is Cn1c(CCCC(=O)O)nc2cc(Br)ccc21. The number of aromatic nitrogens is 2. The van der Waals surface area contributed by atoms with E-state index < -0.39 is 5.97 Å². The first-order chi connectivity index (χ1) is 8.08. The number of fused-ring (bicyclic) bond motifs is 1. The van der Waals surface area contributed by atoms with E-state index in [0.29, 0.717) is 12.8 Å². The minimum absolute atomic E-state index is 0.187. The maximum atomic E-state index is 10.5. The summed E-state index contributed by atoms with van der Waals surface area (Å²) >= 11 is 3.41. The molecule has 0 unspecified atom stereocenters. The molecule has 1 N–H and O–H groups in total. The minimum atomic E-state index is -0.758. The molecule has 17 heavy (non-hydrogen) atoms. The summed E-state index contributed by atoms with van der Waals surface area (Å²) in [4.78, 5) is 15.0. The van der Waals surface area contributed by atoms with Crippen LogP contribution in [-0.2, 0) is 18.3 Å². The molecule has 0 aliphatic rings. The smallest absolute Gasteiger partial charge is 0.303 e. The van der Waals surface area contributed by atoms with E-state index in [1.165, 1.54) is 0 Å². The van der Waals surface area contributed by atoms with Crippen LogP contribution in [0.1, 0.15) is 18.7 Å². The van der Waals surface area contributed by atoms with Crippen LogP contribution in [0.5, 0.6) is 0 Å². The second-order valence-electron chi connectivity index (χ2n) is 3.97. The Morgan fingerprint density at radius 2 is 2.29 bits per heavy atom. The molecule has 5 heteroatoms. The Hall–Kier alpha value is -1.36. The summed E-state index contributed by atoms with van der Waals surface area (Å²) in [5.41, 5.74) is 2.01. The number of halogens is 1. The van der Waals surface area contributed by atoms with Gasteiger partial charge in [0.1, 0.15) is 5.82 Å². The number of hydrogen-bond donors (Lipinski definition) is 1. The van der Waals surface area contributed by atoms with Gasteiger partial charge in [-0.05, 0) is 24.6 Å². The fourth-order valence-electron chi connectivity index (χ4n) is 1.84. The van der Waals surface area contributed by atoms with E-state index in [-0.39, 0.29) is 6.42 Å².